The van der Waals surface area contributed by atoms with Gasteiger partial charge in [-0.05, 0) is 51.4 Å². The number of nitrogens with zero attached hydrogens (tertiary/aromatic N) is 1. The molecule has 1 saturated carbocycles. The van der Waals surface area contributed by atoms with Crippen LogP contribution in [0.4, 0.5) is 0 Å². The van der Waals surface area contributed by atoms with E-state index in [0.717, 1.165) is 37.5 Å². The lowest BCUT2D eigenvalue weighted by atomic mass is 10.0. The molecule has 3 heteroatoms. The van der Waals surface area contributed by atoms with E-state index in [2.05, 4.69) is 25.7 Å². The van der Waals surface area contributed by atoms with Crippen molar-refractivity contribution in [3.63, 3.8) is 0 Å². The first-order valence-electron chi connectivity index (χ1n) is 8.03. The standard InChI is InChI=1S/C16H34N2O/c1-13(6-5-7-14(2)17)12-18(10-11-19-4)15(3)16-8-9-16/h13-16H,5-12,17H2,1-4H3. The molecule has 1 aliphatic rings. The number of methoxy groups -OCH3 is 1. The maximum Gasteiger partial charge on any atom is 0.0589 e. The van der Waals surface area contributed by atoms with Crippen molar-refractivity contribution in [2.45, 2.75) is 65.0 Å². The van der Waals surface area contributed by atoms with Crippen LogP contribution in [0.1, 0.15) is 52.9 Å². The zero-order valence-corrected chi connectivity index (χ0v) is 13.4. The van der Waals surface area contributed by atoms with Gasteiger partial charge in [0, 0.05) is 32.3 Å². The van der Waals surface area contributed by atoms with Crippen LogP contribution in [0, 0.1) is 11.8 Å². The summed E-state index contributed by atoms with van der Waals surface area (Å²) in [5, 5.41) is 0. The topological polar surface area (TPSA) is 38.5 Å². The molecule has 2 N–H and O–H groups in total. The molecule has 3 nitrogen and oxygen atoms in total. The third-order valence-corrected chi connectivity index (χ3v) is 4.37. The predicted molar refractivity (Wildman–Crippen MR) is 82.3 cm³/mol. The molecule has 0 heterocycles. The molecule has 0 aromatic heterocycles. The molecule has 3 unspecified atom stereocenters. The maximum absolute atomic E-state index is 5.81. The second kappa shape index (κ2) is 8.93. The summed E-state index contributed by atoms with van der Waals surface area (Å²) >= 11 is 0. The molecular formula is C16H34N2O. The van der Waals surface area contributed by atoms with Crippen LogP contribution in [0.15, 0.2) is 0 Å². The third kappa shape index (κ3) is 7.28. The Balaban J connectivity index is 2.28. The van der Waals surface area contributed by atoms with E-state index in [1.54, 1.807) is 7.11 Å². The van der Waals surface area contributed by atoms with E-state index >= 15 is 0 Å². The minimum Gasteiger partial charge on any atom is -0.383 e. The van der Waals surface area contributed by atoms with Gasteiger partial charge in [-0.15, -0.1) is 0 Å². The first-order chi connectivity index (χ1) is 9.04. The monoisotopic (exact) mass is 270 g/mol. The number of hydrogen-bond acceptors (Lipinski definition) is 3. The molecule has 1 aliphatic carbocycles. The fourth-order valence-corrected chi connectivity index (χ4v) is 2.83. The van der Waals surface area contributed by atoms with Gasteiger partial charge < -0.3 is 10.5 Å². The van der Waals surface area contributed by atoms with Gasteiger partial charge in [0.1, 0.15) is 0 Å². The molecule has 0 bridgehead atoms. The van der Waals surface area contributed by atoms with Gasteiger partial charge in [-0.3, -0.25) is 4.90 Å². The lowest BCUT2D eigenvalue weighted by molar-refractivity contribution is 0.103. The first kappa shape index (κ1) is 16.9. The van der Waals surface area contributed by atoms with E-state index in [1.807, 2.05) is 0 Å². The summed E-state index contributed by atoms with van der Waals surface area (Å²) in [4.78, 5) is 2.64. The van der Waals surface area contributed by atoms with Gasteiger partial charge in [-0.2, -0.15) is 0 Å². The van der Waals surface area contributed by atoms with Crippen LogP contribution in [0.2, 0.25) is 0 Å². The maximum atomic E-state index is 5.81. The number of rotatable bonds is 11. The first-order valence-corrected chi connectivity index (χ1v) is 8.03. The lowest BCUT2D eigenvalue weighted by Crippen LogP contribution is -2.40. The molecule has 114 valence electrons. The molecule has 0 aliphatic heterocycles. The minimum absolute atomic E-state index is 0.349. The Morgan fingerprint density at radius 1 is 1.21 bits per heavy atom. The molecule has 3 atom stereocenters. The highest BCUT2D eigenvalue weighted by molar-refractivity contribution is 4.85. The summed E-state index contributed by atoms with van der Waals surface area (Å²) < 4.78 is 5.26. The second-order valence-corrected chi connectivity index (χ2v) is 6.58. The van der Waals surface area contributed by atoms with Crippen molar-refractivity contribution in [3.8, 4) is 0 Å². The quantitative estimate of drug-likeness (QED) is 0.627. The summed E-state index contributed by atoms with van der Waals surface area (Å²) in [7, 11) is 1.80. The van der Waals surface area contributed by atoms with Crippen LogP contribution in [0.25, 0.3) is 0 Å². The van der Waals surface area contributed by atoms with Crippen LogP contribution < -0.4 is 5.73 Å². The third-order valence-electron chi connectivity index (χ3n) is 4.37. The van der Waals surface area contributed by atoms with Crippen molar-refractivity contribution in [2.24, 2.45) is 17.6 Å². The minimum atomic E-state index is 0.349. The van der Waals surface area contributed by atoms with Gasteiger partial charge in [0.25, 0.3) is 0 Å². The van der Waals surface area contributed by atoms with E-state index in [4.69, 9.17) is 10.5 Å². The number of hydrogen-bond donors (Lipinski definition) is 1. The molecule has 0 spiro atoms. The van der Waals surface area contributed by atoms with Crippen LogP contribution in [0.5, 0.6) is 0 Å². The van der Waals surface area contributed by atoms with Crippen molar-refractivity contribution in [1.29, 1.82) is 0 Å². The second-order valence-electron chi connectivity index (χ2n) is 6.58. The Kier molecular flexibility index (Phi) is 7.96. The van der Waals surface area contributed by atoms with Crippen molar-refractivity contribution in [2.75, 3.05) is 26.8 Å². The smallest absolute Gasteiger partial charge is 0.0589 e. The zero-order valence-electron chi connectivity index (χ0n) is 13.4. The molecule has 1 fully saturated rings. The Morgan fingerprint density at radius 2 is 1.89 bits per heavy atom. The van der Waals surface area contributed by atoms with E-state index < -0.39 is 0 Å². The van der Waals surface area contributed by atoms with Gasteiger partial charge in [0.05, 0.1) is 6.61 Å². The van der Waals surface area contributed by atoms with E-state index in [9.17, 15) is 0 Å². The fourth-order valence-electron chi connectivity index (χ4n) is 2.83. The molecule has 0 aromatic carbocycles. The lowest BCUT2D eigenvalue weighted by Gasteiger charge is -2.31. The van der Waals surface area contributed by atoms with Crippen LogP contribution >= 0.6 is 0 Å². The van der Waals surface area contributed by atoms with E-state index in [-0.39, 0.29) is 0 Å². The summed E-state index contributed by atoms with van der Waals surface area (Å²) in [6.45, 7) is 10.0. The summed E-state index contributed by atoms with van der Waals surface area (Å²) in [6.07, 6.45) is 6.55. The molecule has 0 aromatic rings. The highest BCUT2D eigenvalue weighted by Crippen LogP contribution is 2.35. The van der Waals surface area contributed by atoms with Crippen molar-refractivity contribution in [3.05, 3.63) is 0 Å². The molecule has 19 heavy (non-hydrogen) atoms. The average Bonchev–Trinajstić information content (AvgIpc) is 3.17. The van der Waals surface area contributed by atoms with Crippen molar-refractivity contribution < 1.29 is 4.74 Å². The van der Waals surface area contributed by atoms with Crippen LogP contribution in [0.3, 0.4) is 0 Å². The normalized spacial score (nSPS) is 20.5. The molecule has 1 rings (SSSR count). The Morgan fingerprint density at radius 3 is 2.42 bits per heavy atom. The fraction of sp³-hybridized carbons (Fsp3) is 1.00. The van der Waals surface area contributed by atoms with Gasteiger partial charge in [0.2, 0.25) is 0 Å². The summed E-state index contributed by atoms with van der Waals surface area (Å²) in [6, 6.07) is 1.08. The SMILES string of the molecule is COCCN(CC(C)CCCC(C)N)C(C)C1CC1. The van der Waals surface area contributed by atoms with Gasteiger partial charge in [-0.25, -0.2) is 0 Å². The molecule has 0 amide bonds. The van der Waals surface area contributed by atoms with Gasteiger partial charge in [0.15, 0.2) is 0 Å². The van der Waals surface area contributed by atoms with E-state index in [0.29, 0.717) is 6.04 Å². The number of ether oxygens (including phenoxy) is 1. The largest absolute Gasteiger partial charge is 0.383 e. The summed E-state index contributed by atoms with van der Waals surface area (Å²) in [5.41, 5.74) is 5.81. The highest BCUT2D eigenvalue weighted by atomic mass is 16.5. The molecule has 0 saturated heterocycles. The highest BCUT2D eigenvalue weighted by Gasteiger charge is 2.32. The Bertz CT molecular complexity index is 229. The van der Waals surface area contributed by atoms with Crippen molar-refractivity contribution in [1.82, 2.24) is 4.90 Å². The zero-order chi connectivity index (χ0) is 14.3. The number of nitrogens with two attached hydrogens (primary N) is 1. The van der Waals surface area contributed by atoms with Crippen molar-refractivity contribution >= 4 is 0 Å². The predicted octanol–water partition coefficient (Wildman–Crippen LogP) is 2.89. The molecular weight excluding hydrogens is 236 g/mol. The van der Waals surface area contributed by atoms with Crippen LogP contribution in [-0.4, -0.2) is 43.8 Å². The average molecular weight is 270 g/mol. The van der Waals surface area contributed by atoms with Crippen LogP contribution in [-0.2, 0) is 4.74 Å². The molecule has 0 radical (unpaired) electrons. The Hall–Kier alpha value is -0.120. The Labute approximate surface area is 119 Å². The van der Waals surface area contributed by atoms with Gasteiger partial charge in [-0.1, -0.05) is 13.3 Å². The van der Waals surface area contributed by atoms with E-state index in [1.165, 1.54) is 32.2 Å². The summed E-state index contributed by atoms with van der Waals surface area (Å²) in [5.74, 6) is 1.70. The van der Waals surface area contributed by atoms with Gasteiger partial charge >= 0.3 is 0 Å².